The summed E-state index contributed by atoms with van der Waals surface area (Å²) in [4.78, 5) is 33.4. The second-order valence-electron chi connectivity index (χ2n) is 3.77. The number of nitro groups is 1. The summed E-state index contributed by atoms with van der Waals surface area (Å²) in [5.74, 6) is -0.349. The zero-order valence-electron chi connectivity index (χ0n) is 10.9. The average Bonchev–Trinajstić information content (AvgIpc) is 2.43. The Labute approximate surface area is 120 Å². The molecule has 1 aromatic carbocycles. The second kappa shape index (κ2) is 8.16. The van der Waals surface area contributed by atoms with Gasteiger partial charge in [-0.25, -0.2) is 0 Å². The van der Waals surface area contributed by atoms with Crippen LogP contribution >= 0.6 is 11.8 Å². The van der Waals surface area contributed by atoms with Gasteiger partial charge in [0, 0.05) is 23.6 Å². The third-order valence-electron chi connectivity index (χ3n) is 2.24. The van der Waals surface area contributed by atoms with Gasteiger partial charge in [-0.05, 0) is 19.1 Å². The minimum atomic E-state index is -0.479. The van der Waals surface area contributed by atoms with Gasteiger partial charge in [0.05, 0.1) is 17.2 Å². The molecule has 1 aromatic rings. The third kappa shape index (κ3) is 5.70. The average molecular weight is 297 g/mol. The Morgan fingerprint density at radius 1 is 1.20 bits per heavy atom. The van der Waals surface area contributed by atoms with Gasteiger partial charge in [-0.3, -0.25) is 19.7 Å². The number of likely N-dealkylation sites (N-methyl/N-ethyl adjacent to an activating group) is 1. The summed E-state index contributed by atoms with van der Waals surface area (Å²) < 4.78 is 0. The van der Waals surface area contributed by atoms with E-state index in [2.05, 4.69) is 10.6 Å². The summed E-state index contributed by atoms with van der Waals surface area (Å²) in [6, 6.07) is 5.93. The first-order chi connectivity index (χ1) is 9.52. The maximum atomic E-state index is 11.5. The molecule has 0 atom stereocenters. The lowest BCUT2D eigenvalue weighted by Crippen LogP contribution is -2.37. The minimum Gasteiger partial charge on any atom is -0.355 e. The molecular weight excluding hydrogens is 282 g/mol. The van der Waals surface area contributed by atoms with Crippen LogP contribution in [0.4, 0.5) is 5.69 Å². The fraction of sp³-hybridized carbons (Fsp3) is 0.333. The van der Waals surface area contributed by atoms with Crippen LogP contribution in [0.1, 0.15) is 6.92 Å². The van der Waals surface area contributed by atoms with Crippen molar-refractivity contribution in [2.24, 2.45) is 0 Å². The number of nitrogens with zero attached hydrogens (tertiary/aromatic N) is 1. The van der Waals surface area contributed by atoms with Gasteiger partial charge in [-0.2, -0.15) is 0 Å². The molecule has 0 bridgehead atoms. The first-order valence-electron chi connectivity index (χ1n) is 5.93. The number of hydrogen-bond donors (Lipinski definition) is 2. The fourth-order valence-electron chi connectivity index (χ4n) is 1.30. The van der Waals surface area contributed by atoms with E-state index in [1.807, 2.05) is 0 Å². The number of non-ortho nitro benzene ring substituents is 1. The Morgan fingerprint density at radius 3 is 2.40 bits per heavy atom. The Bertz CT molecular complexity index is 490. The van der Waals surface area contributed by atoms with Crippen LogP contribution in [-0.2, 0) is 9.59 Å². The summed E-state index contributed by atoms with van der Waals surface area (Å²) in [7, 11) is 0. The maximum absolute atomic E-state index is 11.5. The molecule has 0 aliphatic carbocycles. The number of carbonyl (C=O) groups is 2. The molecule has 7 nitrogen and oxygen atoms in total. The maximum Gasteiger partial charge on any atom is 0.269 e. The van der Waals surface area contributed by atoms with Crippen LogP contribution in [0.25, 0.3) is 0 Å². The van der Waals surface area contributed by atoms with E-state index in [0.717, 1.165) is 4.90 Å². The molecular formula is C12H15N3O4S. The smallest absolute Gasteiger partial charge is 0.269 e. The van der Waals surface area contributed by atoms with Crippen LogP contribution in [0.5, 0.6) is 0 Å². The van der Waals surface area contributed by atoms with Gasteiger partial charge in [0.25, 0.3) is 5.69 Å². The van der Waals surface area contributed by atoms with E-state index in [-0.39, 0.29) is 29.8 Å². The van der Waals surface area contributed by atoms with Crippen molar-refractivity contribution in [2.45, 2.75) is 11.8 Å². The van der Waals surface area contributed by atoms with Crippen molar-refractivity contribution in [3.8, 4) is 0 Å². The monoisotopic (exact) mass is 297 g/mol. The van der Waals surface area contributed by atoms with Crippen LogP contribution < -0.4 is 10.6 Å². The molecule has 1 rings (SSSR count). The summed E-state index contributed by atoms with van der Waals surface area (Å²) in [5, 5.41) is 15.5. The second-order valence-corrected chi connectivity index (χ2v) is 4.82. The van der Waals surface area contributed by atoms with Gasteiger partial charge in [0.15, 0.2) is 0 Å². The molecule has 20 heavy (non-hydrogen) atoms. The van der Waals surface area contributed by atoms with Crippen LogP contribution in [-0.4, -0.2) is 35.6 Å². The van der Waals surface area contributed by atoms with Crippen molar-refractivity contribution in [3.05, 3.63) is 34.4 Å². The number of nitro benzene ring substituents is 1. The Hall–Kier alpha value is -2.09. The number of amides is 2. The van der Waals surface area contributed by atoms with Gasteiger partial charge in [-0.15, -0.1) is 11.8 Å². The van der Waals surface area contributed by atoms with Crippen molar-refractivity contribution < 1.29 is 14.5 Å². The lowest BCUT2D eigenvalue weighted by Gasteiger charge is -2.05. The highest BCUT2D eigenvalue weighted by atomic mass is 32.2. The molecule has 0 radical (unpaired) electrons. The zero-order chi connectivity index (χ0) is 15.0. The predicted octanol–water partition coefficient (Wildman–Crippen LogP) is 0.939. The predicted molar refractivity (Wildman–Crippen MR) is 75.5 cm³/mol. The number of benzene rings is 1. The SMILES string of the molecule is CCNC(=O)CNC(=O)CSc1ccc([N+](=O)[O-])cc1. The van der Waals surface area contributed by atoms with Gasteiger partial charge < -0.3 is 10.6 Å². The topological polar surface area (TPSA) is 101 Å². The van der Waals surface area contributed by atoms with E-state index in [1.54, 1.807) is 19.1 Å². The number of rotatable bonds is 7. The molecule has 0 fully saturated rings. The molecule has 2 amide bonds. The highest BCUT2D eigenvalue weighted by molar-refractivity contribution is 8.00. The Balaban J connectivity index is 2.33. The summed E-state index contributed by atoms with van der Waals surface area (Å²) in [6.07, 6.45) is 0. The van der Waals surface area contributed by atoms with E-state index in [4.69, 9.17) is 0 Å². The quantitative estimate of drug-likeness (QED) is 0.443. The lowest BCUT2D eigenvalue weighted by molar-refractivity contribution is -0.384. The van der Waals surface area contributed by atoms with Gasteiger partial charge in [0.1, 0.15) is 0 Å². The standard InChI is InChI=1S/C12H15N3O4S/c1-2-13-11(16)7-14-12(17)8-20-10-5-3-9(4-6-10)15(18)19/h3-6H,2,7-8H2,1H3,(H,13,16)(H,14,17). The molecule has 0 spiro atoms. The molecule has 0 aliphatic heterocycles. The van der Waals surface area contributed by atoms with Crippen LogP contribution in [0.15, 0.2) is 29.2 Å². The first kappa shape index (κ1) is 16.0. The number of nitrogens with one attached hydrogen (secondary N) is 2. The molecule has 2 N–H and O–H groups in total. The molecule has 0 unspecified atom stereocenters. The summed E-state index contributed by atoms with van der Waals surface area (Å²) in [5.41, 5.74) is 0.00929. The number of thioether (sulfide) groups is 1. The van der Waals surface area contributed by atoms with Crippen molar-refractivity contribution in [3.63, 3.8) is 0 Å². The number of carbonyl (C=O) groups excluding carboxylic acids is 2. The Morgan fingerprint density at radius 2 is 1.85 bits per heavy atom. The Kier molecular flexibility index (Phi) is 6.51. The van der Waals surface area contributed by atoms with Gasteiger partial charge >= 0.3 is 0 Å². The van der Waals surface area contributed by atoms with Crippen molar-refractivity contribution in [1.29, 1.82) is 0 Å². The zero-order valence-corrected chi connectivity index (χ0v) is 11.7. The van der Waals surface area contributed by atoms with Gasteiger partial charge in [-0.1, -0.05) is 0 Å². The van der Waals surface area contributed by atoms with E-state index in [9.17, 15) is 19.7 Å². The van der Waals surface area contributed by atoms with Crippen LogP contribution in [0.3, 0.4) is 0 Å². The molecule has 108 valence electrons. The van der Waals surface area contributed by atoms with Crippen molar-refractivity contribution in [1.82, 2.24) is 10.6 Å². The molecule has 0 saturated carbocycles. The first-order valence-corrected chi connectivity index (χ1v) is 6.92. The highest BCUT2D eigenvalue weighted by Crippen LogP contribution is 2.20. The van der Waals surface area contributed by atoms with Crippen LogP contribution in [0.2, 0.25) is 0 Å². The molecule has 0 saturated heterocycles. The van der Waals surface area contributed by atoms with E-state index >= 15 is 0 Å². The van der Waals surface area contributed by atoms with Crippen molar-refractivity contribution >= 4 is 29.3 Å². The van der Waals surface area contributed by atoms with E-state index in [1.165, 1.54) is 23.9 Å². The normalized spacial score (nSPS) is 9.85. The highest BCUT2D eigenvalue weighted by Gasteiger charge is 2.07. The van der Waals surface area contributed by atoms with Crippen molar-refractivity contribution in [2.75, 3.05) is 18.8 Å². The largest absolute Gasteiger partial charge is 0.355 e. The van der Waals surface area contributed by atoms with E-state index in [0.29, 0.717) is 6.54 Å². The lowest BCUT2D eigenvalue weighted by atomic mass is 10.3. The summed E-state index contributed by atoms with van der Waals surface area (Å²) >= 11 is 1.25. The molecule has 0 aliphatic rings. The molecule has 0 aromatic heterocycles. The minimum absolute atomic E-state index is 0.00929. The molecule has 8 heteroatoms. The van der Waals surface area contributed by atoms with Gasteiger partial charge in [0.2, 0.25) is 11.8 Å². The van der Waals surface area contributed by atoms with Crippen LogP contribution in [0, 0.1) is 10.1 Å². The number of hydrogen-bond acceptors (Lipinski definition) is 5. The summed E-state index contributed by atoms with van der Waals surface area (Å²) in [6.45, 7) is 2.27. The molecule has 0 heterocycles. The fourth-order valence-corrected chi connectivity index (χ4v) is 2.03. The van der Waals surface area contributed by atoms with E-state index < -0.39 is 4.92 Å². The third-order valence-corrected chi connectivity index (χ3v) is 3.25.